The van der Waals surface area contributed by atoms with Crippen molar-refractivity contribution in [3.05, 3.63) is 51.9 Å². The average molecular weight is 391 g/mol. The van der Waals surface area contributed by atoms with Crippen molar-refractivity contribution in [2.24, 2.45) is 4.99 Å². The number of methoxy groups -OCH3 is 2. The van der Waals surface area contributed by atoms with Crippen LogP contribution in [0.25, 0.3) is 6.08 Å². The van der Waals surface area contributed by atoms with Gasteiger partial charge in [0.05, 0.1) is 24.1 Å². The number of phenols is 1. The highest BCUT2D eigenvalue weighted by atomic mass is 35.5. The molecule has 1 amide bonds. The number of carbonyl (C=O) groups is 1. The first-order chi connectivity index (χ1) is 12.5. The minimum Gasteiger partial charge on any atom is -0.503 e. The lowest BCUT2D eigenvalue weighted by Gasteiger charge is -2.06. The summed E-state index contributed by atoms with van der Waals surface area (Å²) >= 11 is 7.18. The van der Waals surface area contributed by atoms with Crippen molar-refractivity contribution < 1.29 is 19.4 Å². The predicted octanol–water partition coefficient (Wildman–Crippen LogP) is 3.95. The van der Waals surface area contributed by atoms with Crippen molar-refractivity contribution in [3.8, 4) is 17.2 Å². The van der Waals surface area contributed by atoms with Crippen LogP contribution in [-0.4, -0.2) is 30.4 Å². The third-order valence-corrected chi connectivity index (χ3v) is 4.72. The predicted molar refractivity (Wildman–Crippen MR) is 103 cm³/mol. The van der Waals surface area contributed by atoms with E-state index in [0.717, 1.165) is 0 Å². The van der Waals surface area contributed by atoms with E-state index in [1.54, 1.807) is 37.5 Å². The van der Waals surface area contributed by atoms with Gasteiger partial charge in [-0.25, -0.2) is 4.99 Å². The SMILES string of the molecule is COc1ccccc1N=C1NC(=O)/C(=C/c2cc(Cl)c(O)c(OC)c2)S1. The Kier molecular flexibility index (Phi) is 5.39. The molecule has 0 aliphatic carbocycles. The Labute approximate surface area is 159 Å². The zero-order valence-electron chi connectivity index (χ0n) is 13.9. The van der Waals surface area contributed by atoms with Crippen LogP contribution in [-0.2, 0) is 4.79 Å². The zero-order chi connectivity index (χ0) is 18.7. The van der Waals surface area contributed by atoms with Gasteiger partial charge in [-0.1, -0.05) is 23.7 Å². The highest BCUT2D eigenvalue weighted by Crippen LogP contribution is 2.37. The molecule has 1 saturated heterocycles. The molecular weight excluding hydrogens is 376 g/mol. The summed E-state index contributed by atoms with van der Waals surface area (Å²) in [5.41, 5.74) is 1.24. The molecule has 0 spiro atoms. The maximum atomic E-state index is 12.2. The number of amides is 1. The number of hydrogen-bond donors (Lipinski definition) is 2. The monoisotopic (exact) mass is 390 g/mol. The van der Waals surface area contributed by atoms with E-state index in [9.17, 15) is 9.90 Å². The van der Waals surface area contributed by atoms with Crippen molar-refractivity contribution >= 4 is 46.2 Å². The summed E-state index contributed by atoms with van der Waals surface area (Å²) in [5.74, 6) is 0.433. The maximum absolute atomic E-state index is 12.2. The fourth-order valence-corrected chi connectivity index (χ4v) is 3.35. The van der Waals surface area contributed by atoms with Gasteiger partial charge in [0.2, 0.25) is 0 Å². The topological polar surface area (TPSA) is 80.2 Å². The first kappa shape index (κ1) is 18.2. The van der Waals surface area contributed by atoms with Crippen molar-refractivity contribution in [3.63, 3.8) is 0 Å². The second-order valence-electron chi connectivity index (χ2n) is 5.21. The fourth-order valence-electron chi connectivity index (χ4n) is 2.30. The summed E-state index contributed by atoms with van der Waals surface area (Å²) in [7, 11) is 2.99. The minimum atomic E-state index is -0.271. The average Bonchev–Trinajstić information content (AvgIpc) is 2.97. The van der Waals surface area contributed by atoms with Crippen molar-refractivity contribution in [2.75, 3.05) is 14.2 Å². The van der Waals surface area contributed by atoms with E-state index in [2.05, 4.69) is 10.3 Å². The minimum absolute atomic E-state index is 0.140. The van der Waals surface area contributed by atoms with Crippen LogP contribution >= 0.6 is 23.4 Å². The molecular formula is C18H15ClN2O4S. The number of aliphatic imine (C=N–C) groups is 1. The van der Waals surface area contributed by atoms with Gasteiger partial charge in [-0.15, -0.1) is 0 Å². The molecule has 1 aliphatic rings. The molecule has 3 rings (SSSR count). The number of nitrogens with zero attached hydrogens (tertiary/aromatic N) is 1. The van der Waals surface area contributed by atoms with Crippen LogP contribution in [0.1, 0.15) is 5.56 Å². The van der Waals surface area contributed by atoms with E-state index in [4.69, 9.17) is 21.1 Å². The summed E-state index contributed by atoms with van der Waals surface area (Å²) in [4.78, 5) is 17.1. The number of carbonyl (C=O) groups excluding carboxylic acids is 1. The van der Waals surface area contributed by atoms with E-state index < -0.39 is 0 Å². The lowest BCUT2D eigenvalue weighted by atomic mass is 10.2. The van der Waals surface area contributed by atoms with Gasteiger partial charge in [-0.2, -0.15) is 0 Å². The molecule has 0 aromatic heterocycles. The highest BCUT2D eigenvalue weighted by molar-refractivity contribution is 8.18. The van der Waals surface area contributed by atoms with Gasteiger partial charge in [0, 0.05) is 0 Å². The van der Waals surface area contributed by atoms with Crippen LogP contribution in [0.4, 0.5) is 5.69 Å². The van der Waals surface area contributed by atoms with Gasteiger partial charge < -0.3 is 19.9 Å². The Morgan fingerprint density at radius 1 is 1.19 bits per heavy atom. The Morgan fingerprint density at radius 3 is 2.65 bits per heavy atom. The number of ether oxygens (including phenoxy) is 2. The van der Waals surface area contributed by atoms with Gasteiger partial charge in [0.1, 0.15) is 11.4 Å². The summed E-state index contributed by atoms with van der Waals surface area (Å²) in [6, 6.07) is 10.4. The first-order valence-corrected chi connectivity index (χ1v) is 8.70. The number of phenolic OH excluding ortho intramolecular Hbond substituents is 1. The van der Waals surface area contributed by atoms with Crippen molar-refractivity contribution in [1.29, 1.82) is 0 Å². The van der Waals surface area contributed by atoms with E-state index in [0.29, 0.717) is 27.1 Å². The Bertz CT molecular complexity index is 927. The summed E-state index contributed by atoms with van der Waals surface area (Å²) in [5, 5.41) is 13.1. The second-order valence-corrected chi connectivity index (χ2v) is 6.65. The molecule has 0 saturated carbocycles. The van der Waals surface area contributed by atoms with Gasteiger partial charge in [-0.05, 0) is 47.7 Å². The van der Waals surface area contributed by atoms with Gasteiger partial charge in [0.25, 0.3) is 5.91 Å². The van der Waals surface area contributed by atoms with Crippen LogP contribution in [0.3, 0.4) is 0 Å². The molecule has 0 radical (unpaired) electrons. The van der Waals surface area contributed by atoms with Crippen molar-refractivity contribution in [1.82, 2.24) is 5.32 Å². The van der Waals surface area contributed by atoms with E-state index >= 15 is 0 Å². The molecule has 0 bridgehead atoms. The van der Waals surface area contributed by atoms with Gasteiger partial charge in [0.15, 0.2) is 16.7 Å². The standard InChI is InChI=1S/C18H15ClN2O4S/c1-24-13-6-4-3-5-12(13)20-18-21-17(23)15(26-18)9-10-7-11(19)16(22)14(8-10)25-2/h3-9,22H,1-2H3,(H,20,21,23)/b15-9-. The largest absolute Gasteiger partial charge is 0.503 e. The number of hydrogen-bond acceptors (Lipinski definition) is 6. The molecule has 2 aromatic rings. The fraction of sp³-hybridized carbons (Fsp3) is 0.111. The van der Waals surface area contributed by atoms with Crippen LogP contribution < -0.4 is 14.8 Å². The number of thioether (sulfide) groups is 1. The lowest BCUT2D eigenvalue weighted by Crippen LogP contribution is -2.19. The smallest absolute Gasteiger partial charge is 0.264 e. The molecule has 0 unspecified atom stereocenters. The lowest BCUT2D eigenvalue weighted by molar-refractivity contribution is -0.115. The number of nitrogens with one attached hydrogen (secondary N) is 1. The zero-order valence-corrected chi connectivity index (χ0v) is 15.5. The molecule has 1 aliphatic heterocycles. The van der Waals surface area contributed by atoms with Crippen molar-refractivity contribution in [2.45, 2.75) is 0 Å². The van der Waals surface area contributed by atoms with Crippen LogP contribution in [0.2, 0.25) is 5.02 Å². The van der Waals surface area contributed by atoms with Crippen LogP contribution in [0, 0.1) is 0 Å². The van der Waals surface area contributed by atoms with Gasteiger partial charge in [-0.3, -0.25) is 4.79 Å². The molecule has 2 N–H and O–H groups in total. The number of benzene rings is 2. The molecule has 2 aromatic carbocycles. The maximum Gasteiger partial charge on any atom is 0.264 e. The molecule has 1 fully saturated rings. The summed E-state index contributed by atoms with van der Waals surface area (Å²) in [6.45, 7) is 0. The first-order valence-electron chi connectivity index (χ1n) is 7.51. The van der Waals surface area contributed by atoms with Crippen LogP contribution in [0.15, 0.2) is 46.3 Å². The highest BCUT2D eigenvalue weighted by Gasteiger charge is 2.24. The molecule has 8 heteroatoms. The molecule has 134 valence electrons. The Morgan fingerprint density at radius 2 is 1.92 bits per heavy atom. The number of para-hydroxylation sites is 2. The Balaban J connectivity index is 1.90. The third-order valence-electron chi connectivity index (χ3n) is 3.53. The number of aromatic hydroxyl groups is 1. The quantitative estimate of drug-likeness (QED) is 0.772. The normalized spacial score (nSPS) is 16.8. The number of halogens is 1. The molecule has 6 nitrogen and oxygen atoms in total. The number of amidine groups is 1. The van der Waals surface area contributed by atoms with E-state index in [1.807, 2.05) is 12.1 Å². The third kappa shape index (κ3) is 3.79. The van der Waals surface area contributed by atoms with E-state index in [1.165, 1.54) is 18.9 Å². The van der Waals surface area contributed by atoms with Crippen LogP contribution in [0.5, 0.6) is 17.2 Å². The van der Waals surface area contributed by atoms with Gasteiger partial charge >= 0.3 is 0 Å². The summed E-state index contributed by atoms with van der Waals surface area (Å²) in [6.07, 6.45) is 1.65. The Hall–Kier alpha value is -2.64. The number of rotatable bonds is 4. The molecule has 26 heavy (non-hydrogen) atoms. The molecule has 0 atom stereocenters. The summed E-state index contributed by atoms with van der Waals surface area (Å²) < 4.78 is 10.3. The second kappa shape index (κ2) is 7.72. The molecule has 1 heterocycles. The van der Waals surface area contributed by atoms with E-state index in [-0.39, 0.29) is 22.4 Å².